The second kappa shape index (κ2) is 12.0. The van der Waals surface area contributed by atoms with Gasteiger partial charge in [-0.25, -0.2) is 0 Å². The molecule has 2 atom stereocenters. The van der Waals surface area contributed by atoms with Crippen LogP contribution in [0.5, 0.6) is 0 Å². The zero-order chi connectivity index (χ0) is 28.1. The van der Waals surface area contributed by atoms with Gasteiger partial charge in [0.25, 0.3) is 0 Å². The molecule has 3 rings (SSSR count). The van der Waals surface area contributed by atoms with E-state index in [2.05, 4.69) is 25.2 Å². The van der Waals surface area contributed by atoms with Crippen molar-refractivity contribution in [2.45, 2.75) is 38.8 Å². The van der Waals surface area contributed by atoms with Crippen LogP contribution in [-0.2, 0) is 30.7 Å². The van der Waals surface area contributed by atoms with E-state index in [9.17, 15) is 19.0 Å². The lowest BCUT2D eigenvalue weighted by atomic mass is 9.85. The number of ketones is 1. The topological polar surface area (TPSA) is 92.7 Å². The standard InChI is InChI=1S/C28H28BrF2O6P/c1-27(2,3)26(33)36-18-37-38(34,35)28(30,31)23-15-14-19(17-24(23)29)16-22(20-10-6-4-7-11-20)25(32)21-12-8-5-9-13-21/h4-15,17,22H,16,18H2,1-3H3,(H,34,35)/p-1. The van der Waals surface area contributed by atoms with Crippen molar-refractivity contribution in [1.29, 1.82) is 0 Å². The number of halogens is 3. The van der Waals surface area contributed by atoms with Crippen molar-refractivity contribution in [2.75, 3.05) is 6.79 Å². The fourth-order valence-electron chi connectivity index (χ4n) is 3.61. The van der Waals surface area contributed by atoms with E-state index >= 15 is 8.78 Å². The van der Waals surface area contributed by atoms with E-state index in [1.54, 1.807) is 30.3 Å². The van der Waals surface area contributed by atoms with Crippen LogP contribution in [0.1, 0.15) is 53.7 Å². The summed E-state index contributed by atoms with van der Waals surface area (Å²) in [5, 5.41) is 0. The van der Waals surface area contributed by atoms with Crippen LogP contribution in [0, 0.1) is 5.41 Å². The van der Waals surface area contributed by atoms with E-state index in [1.807, 2.05) is 30.3 Å². The molecule has 0 N–H and O–H groups in total. The Morgan fingerprint density at radius 3 is 2.11 bits per heavy atom. The van der Waals surface area contributed by atoms with E-state index in [1.165, 1.54) is 32.9 Å². The first kappa shape index (κ1) is 29.8. The number of carbonyl (C=O) groups is 2. The molecule has 0 aliphatic heterocycles. The number of hydrogen-bond acceptors (Lipinski definition) is 6. The summed E-state index contributed by atoms with van der Waals surface area (Å²) >= 11 is 3.06. The highest BCUT2D eigenvalue weighted by molar-refractivity contribution is 9.10. The molecular formula is C28H27BrF2O6P-. The zero-order valence-electron chi connectivity index (χ0n) is 21.0. The minimum atomic E-state index is -5.84. The largest absolute Gasteiger partial charge is 0.774 e. The first-order chi connectivity index (χ1) is 17.7. The minimum absolute atomic E-state index is 0.135. The van der Waals surface area contributed by atoms with Gasteiger partial charge in [-0.15, -0.1) is 0 Å². The summed E-state index contributed by atoms with van der Waals surface area (Å²) in [6.07, 6.45) is 0.191. The third kappa shape index (κ3) is 7.03. The maximum absolute atomic E-state index is 15.0. The van der Waals surface area contributed by atoms with Crippen LogP contribution < -0.4 is 4.89 Å². The van der Waals surface area contributed by atoms with Gasteiger partial charge in [-0.2, -0.15) is 8.78 Å². The van der Waals surface area contributed by atoms with Gasteiger partial charge in [0.15, 0.2) is 12.6 Å². The molecule has 38 heavy (non-hydrogen) atoms. The first-order valence-electron chi connectivity index (χ1n) is 11.7. The monoisotopic (exact) mass is 607 g/mol. The molecule has 10 heteroatoms. The quantitative estimate of drug-likeness (QED) is 0.109. The van der Waals surface area contributed by atoms with Crippen molar-refractivity contribution in [3.05, 3.63) is 106 Å². The SMILES string of the molecule is CC(C)(C)C(=O)OCOP(=O)([O-])C(F)(F)c1ccc(CC(C(=O)c2ccccc2)c2ccccc2)cc1Br. The Labute approximate surface area is 228 Å². The molecule has 3 aromatic carbocycles. The van der Waals surface area contributed by atoms with Gasteiger partial charge >= 0.3 is 11.6 Å². The number of esters is 1. The molecular weight excluding hydrogens is 581 g/mol. The summed E-state index contributed by atoms with van der Waals surface area (Å²) in [5.74, 6) is -1.53. The number of Topliss-reactive ketones (excluding diaryl/α,β-unsaturated/α-hetero) is 1. The second-order valence-electron chi connectivity index (χ2n) is 9.68. The number of benzene rings is 3. The van der Waals surface area contributed by atoms with Crippen LogP contribution in [0.3, 0.4) is 0 Å². The van der Waals surface area contributed by atoms with Gasteiger partial charge < -0.3 is 14.2 Å². The lowest BCUT2D eigenvalue weighted by Crippen LogP contribution is -2.28. The average Bonchev–Trinajstić information content (AvgIpc) is 2.87. The van der Waals surface area contributed by atoms with Gasteiger partial charge in [-0.1, -0.05) is 88.7 Å². The predicted octanol–water partition coefficient (Wildman–Crippen LogP) is 6.82. The molecule has 0 aliphatic rings. The summed E-state index contributed by atoms with van der Waals surface area (Å²) in [7, 11) is -5.84. The Morgan fingerprint density at radius 2 is 1.55 bits per heavy atom. The summed E-state index contributed by atoms with van der Waals surface area (Å²) in [4.78, 5) is 37.4. The molecule has 0 saturated heterocycles. The van der Waals surface area contributed by atoms with E-state index in [0.717, 1.165) is 11.6 Å². The molecule has 0 spiro atoms. The maximum Gasteiger partial charge on any atom is 0.335 e. The normalized spacial score (nSPS) is 14.4. The van der Waals surface area contributed by atoms with Crippen molar-refractivity contribution < 1.29 is 37.1 Å². The molecule has 3 aromatic rings. The molecule has 2 unspecified atom stereocenters. The van der Waals surface area contributed by atoms with E-state index < -0.39 is 42.9 Å². The van der Waals surface area contributed by atoms with Gasteiger partial charge in [-0.3, -0.25) is 14.1 Å². The number of alkyl halides is 2. The summed E-state index contributed by atoms with van der Waals surface area (Å²) in [5.41, 5.74) is -4.41. The Morgan fingerprint density at radius 1 is 0.974 bits per heavy atom. The Kier molecular flexibility index (Phi) is 9.42. The maximum atomic E-state index is 15.0. The highest BCUT2D eigenvalue weighted by Gasteiger charge is 2.46. The fraction of sp³-hybridized carbons (Fsp3) is 0.286. The molecule has 0 aliphatic carbocycles. The molecule has 0 aromatic heterocycles. The van der Waals surface area contributed by atoms with Crippen LogP contribution in [0.15, 0.2) is 83.3 Å². The van der Waals surface area contributed by atoms with Crippen LogP contribution in [-0.4, -0.2) is 18.5 Å². The number of ether oxygens (including phenoxy) is 1. The molecule has 0 amide bonds. The predicted molar refractivity (Wildman–Crippen MR) is 141 cm³/mol. The van der Waals surface area contributed by atoms with Crippen molar-refractivity contribution in [3.63, 3.8) is 0 Å². The highest BCUT2D eigenvalue weighted by atomic mass is 79.9. The van der Waals surface area contributed by atoms with E-state index in [4.69, 9.17) is 0 Å². The Hall–Kier alpha value is -2.71. The molecule has 0 heterocycles. The second-order valence-corrected chi connectivity index (χ2v) is 12.3. The van der Waals surface area contributed by atoms with E-state index in [0.29, 0.717) is 11.1 Å². The molecule has 0 fully saturated rings. The zero-order valence-corrected chi connectivity index (χ0v) is 23.5. The molecule has 0 saturated carbocycles. The molecule has 6 nitrogen and oxygen atoms in total. The lowest BCUT2D eigenvalue weighted by molar-refractivity contribution is -0.230. The van der Waals surface area contributed by atoms with Gasteiger partial charge in [0.1, 0.15) is 0 Å². The van der Waals surface area contributed by atoms with Crippen molar-refractivity contribution in [3.8, 4) is 0 Å². The fourth-order valence-corrected chi connectivity index (χ4v) is 5.28. The molecule has 0 radical (unpaired) electrons. The first-order valence-corrected chi connectivity index (χ1v) is 14.0. The van der Waals surface area contributed by atoms with Crippen LogP contribution in [0.25, 0.3) is 0 Å². The van der Waals surface area contributed by atoms with Gasteiger partial charge in [0.05, 0.1) is 11.3 Å². The Balaban J connectivity index is 1.83. The van der Waals surface area contributed by atoms with Crippen molar-refractivity contribution in [1.82, 2.24) is 0 Å². The number of hydrogen-bond donors (Lipinski definition) is 0. The van der Waals surface area contributed by atoms with Crippen molar-refractivity contribution >= 4 is 35.3 Å². The summed E-state index contributed by atoms with van der Waals surface area (Å²) < 4.78 is 51.2. The molecule has 202 valence electrons. The number of carbonyl (C=O) groups excluding carboxylic acids is 2. The van der Waals surface area contributed by atoms with Crippen LogP contribution in [0.2, 0.25) is 0 Å². The van der Waals surface area contributed by atoms with Crippen molar-refractivity contribution in [2.24, 2.45) is 5.41 Å². The van der Waals surface area contributed by atoms with E-state index in [-0.39, 0.29) is 16.7 Å². The third-order valence-corrected chi connectivity index (χ3v) is 7.77. The van der Waals surface area contributed by atoms with Crippen LogP contribution >= 0.6 is 23.5 Å². The average molecular weight is 608 g/mol. The van der Waals surface area contributed by atoms with Gasteiger partial charge in [0.2, 0.25) is 7.60 Å². The number of rotatable bonds is 10. The smallest absolute Gasteiger partial charge is 0.335 e. The summed E-state index contributed by atoms with van der Waals surface area (Å²) in [6, 6.07) is 21.5. The third-order valence-electron chi connectivity index (χ3n) is 5.74. The minimum Gasteiger partial charge on any atom is -0.774 e. The van der Waals surface area contributed by atoms with Gasteiger partial charge in [0, 0.05) is 15.6 Å². The van der Waals surface area contributed by atoms with Gasteiger partial charge in [-0.05, 0) is 44.4 Å². The Bertz CT molecular complexity index is 1330. The lowest BCUT2D eigenvalue weighted by Gasteiger charge is -2.32. The summed E-state index contributed by atoms with van der Waals surface area (Å²) in [6.45, 7) is 3.40. The van der Waals surface area contributed by atoms with Crippen LogP contribution in [0.4, 0.5) is 8.78 Å². The molecule has 0 bridgehead atoms. The highest BCUT2D eigenvalue weighted by Crippen LogP contribution is 2.61.